The molecule has 2 aliphatic rings. The van der Waals surface area contributed by atoms with Gasteiger partial charge in [-0.15, -0.1) is 5.10 Å². The molecule has 5 aromatic rings. The zero-order valence-corrected chi connectivity index (χ0v) is 28.8. The molecular formula is C38H40N8O4. The number of hydrogen-bond donors (Lipinski definition) is 2. The Bertz CT molecular complexity index is 2120. The van der Waals surface area contributed by atoms with Gasteiger partial charge in [-0.2, -0.15) is 0 Å². The highest BCUT2D eigenvalue weighted by Crippen LogP contribution is 2.42. The fourth-order valence-corrected chi connectivity index (χ4v) is 6.51. The number of nitrogens with one attached hydrogen (secondary N) is 2. The summed E-state index contributed by atoms with van der Waals surface area (Å²) in [5.41, 5.74) is 6.43. The van der Waals surface area contributed by atoms with Crippen LogP contribution in [0.4, 0.5) is 17.2 Å². The van der Waals surface area contributed by atoms with Gasteiger partial charge in [-0.25, -0.2) is 14.5 Å². The van der Waals surface area contributed by atoms with E-state index in [1.54, 1.807) is 50.2 Å². The molecule has 1 unspecified atom stereocenters. The highest BCUT2D eigenvalue weighted by molar-refractivity contribution is 5.98. The topological polar surface area (TPSA) is 134 Å². The van der Waals surface area contributed by atoms with Gasteiger partial charge < -0.3 is 25.2 Å². The van der Waals surface area contributed by atoms with Gasteiger partial charge in [-0.1, -0.05) is 38.1 Å². The van der Waals surface area contributed by atoms with E-state index in [1.165, 1.54) is 4.90 Å². The molecule has 2 N–H and O–H groups in total. The van der Waals surface area contributed by atoms with Gasteiger partial charge >= 0.3 is 0 Å². The van der Waals surface area contributed by atoms with Crippen molar-refractivity contribution >= 4 is 40.6 Å². The predicted molar refractivity (Wildman–Crippen MR) is 191 cm³/mol. The van der Waals surface area contributed by atoms with E-state index in [4.69, 9.17) is 4.74 Å². The number of hydrogen-bond acceptors (Lipinski definition) is 8. The molecule has 2 aromatic carbocycles. The zero-order valence-electron chi connectivity index (χ0n) is 28.8. The SMILES string of the molecule is COc1c(Nc2cc(NC(=O)C3CC3)nn3ccnc23)cccc1-c1ccc2c(c1)C(C(C)C)CN(Cc1cccc(C(=O)N(C)C)n1)C2=O. The monoisotopic (exact) mass is 672 g/mol. The number of pyridine rings is 1. The number of rotatable bonds is 10. The van der Waals surface area contributed by atoms with Crippen molar-refractivity contribution in [1.82, 2.24) is 29.4 Å². The van der Waals surface area contributed by atoms with Crippen molar-refractivity contribution in [3.63, 3.8) is 0 Å². The molecule has 7 rings (SSSR count). The van der Waals surface area contributed by atoms with Crippen molar-refractivity contribution < 1.29 is 19.1 Å². The molecule has 3 aromatic heterocycles. The second-order valence-corrected chi connectivity index (χ2v) is 13.5. The maximum Gasteiger partial charge on any atom is 0.271 e. The third kappa shape index (κ3) is 6.36. The Kier molecular flexibility index (Phi) is 8.69. The summed E-state index contributed by atoms with van der Waals surface area (Å²) in [5, 5.41) is 10.9. The van der Waals surface area contributed by atoms with Crippen LogP contribution in [0.25, 0.3) is 16.8 Å². The fourth-order valence-electron chi connectivity index (χ4n) is 6.51. The Labute approximate surface area is 290 Å². The standard InChI is InChI=1S/C38H40N8O4/c1-22(2)29-21-45(20-25-8-6-11-31(40-25)38(49)44(3)4)37(48)27-15-14-24(18-28(27)29)26-9-7-10-30(34(26)50-5)41-32-19-33(42-36(47)23-12-13-23)43-46-17-16-39-35(32)46/h6-11,14-19,22-23,29,41H,12-13,20-21H2,1-5H3,(H,42,43,47). The first-order valence-corrected chi connectivity index (χ1v) is 16.8. The minimum atomic E-state index is -0.179. The van der Waals surface area contributed by atoms with Crippen LogP contribution < -0.4 is 15.4 Å². The molecule has 0 bridgehead atoms. The first-order chi connectivity index (χ1) is 24.1. The second kappa shape index (κ2) is 13.3. The summed E-state index contributed by atoms with van der Waals surface area (Å²) < 4.78 is 7.64. The fraction of sp³-hybridized carbons (Fsp3) is 0.316. The maximum atomic E-state index is 13.9. The number of amides is 3. The van der Waals surface area contributed by atoms with Crippen LogP contribution >= 0.6 is 0 Å². The number of imidazole rings is 1. The first kappa shape index (κ1) is 32.8. The third-order valence-corrected chi connectivity index (χ3v) is 9.33. The molecule has 4 heterocycles. The van der Waals surface area contributed by atoms with Crippen LogP contribution in [-0.2, 0) is 11.3 Å². The van der Waals surface area contributed by atoms with E-state index in [1.807, 2.05) is 47.4 Å². The number of nitrogens with zero attached hydrogens (tertiary/aromatic N) is 6. The molecule has 12 nitrogen and oxygen atoms in total. The van der Waals surface area contributed by atoms with E-state index in [-0.39, 0.29) is 35.5 Å². The van der Waals surface area contributed by atoms with Gasteiger partial charge in [-0.05, 0) is 60.2 Å². The predicted octanol–water partition coefficient (Wildman–Crippen LogP) is 5.99. The van der Waals surface area contributed by atoms with E-state index in [9.17, 15) is 14.4 Å². The van der Waals surface area contributed by atoms with Crippen LogP contribution in [0.5, 0.6) is 5.75 Å². The summed E-state index contributed by atoms with van der Waals surface area (Å²) in [4.78, 5) is 51.3. The molecule has 3 amide bonds. The lowest BCUT2D eigenvalue weighted by atomic mass is 9.80. The molecule has 1 aliphatic heterocycles. The normalized spacial score (nSPS) is 15.6. The summed E-state index contributed by atoms with van der Waals surface area (Å²) in [6.45, 7) is 5.17. The molecule has 256 valence electrons. The molecule has 0 spiro atoms. The maximum absolute atomic E-state index is 13.9. The van der Waals surface area contributed by atoms with E-state index in [0.717, 1.165) is 29.5 Å². The van der Waals surface area contributed by atoms with Crippen molar-refractivity contribution in [3.05, 3.63) is 95.6 Å². The lowest BCUT2D eigenvalue weighted by Gasteiger charge is -2.36. The van der Waals surface area contributed by atoms with E-state index in [0.29, 0.717) is 58.6 Å². The molecule has 1 saturated carbocycles. The van der Waals surface area contributed by atoms with Crippen molar-refractivity contribution in [2.45, 2.75) is 39.2 Å². The molecule has 1 fully saturated rings. The van der Waals surface area contributed by atoms with Crippen LogP contribution in [0.15, 0.2) is 73.1 Å². The molecular weight excluding hydrogens is 632 g/mol. The number of fused-ring (bicyclic) bond motifs is 2. The Balaban J connectivity index is 1.19. The minimum Gasteiger partial charge on any atom is -0.494 e. The highest BCUT2D eigenvalue weighted by Gasteiger charge is 2.34. The van der Waals surface area contributed by atoms with Gasteiger partial charge in [-0.3, -0.25) is 14.4 Å². The smallest absolute Gasteiger partial charge is 0.271 e. The Morgan fingerprint density at radius 2 is 1.82 bits per heavy atom. The van der Waals surface area contributed by atoms with Gasteiger partial charge in [0.15, 0.2) is 11.5 Å². The average molecular weight is 673 g/mol. The minimum absolute atomic E-state index is 0.0291. The zero-order chi connectivity index (χ0) is 35.1. The van der Waals surface area contributed by atoms with Gasteiger partial charge in [0.2, 0.25) is 5.91 Å². The van der Waals surface area contributed by atoms with Crippen LogP contribution in [0.1, 0.15) is 64.7 Å². The van der Waals surface area contributed by atoms with E-state index >= 15 is 0 Å². The van der Waals surface area contributed by atoms with Crippen LogP contribution in [0.3, 0.4) is 0 Å². The van der Waals surface area contributed by atoms with Crippen molar-refractivity contribution in [3.8, 4) is 16.9 Å². The highest BCUT2D eigenvalue weighted by atomic mass is 16.5. The summed E-state index contributed by atoms with van der Waals surface area (Å²) >= 11 is 0. The number of benzene rings is 2. The van der Waals surface area contributed by atoms with Gasteiger partial charge in [0.1, 0.15) is 11.4 Å². The van der Waals surface area contributed by atoms with Gasteiger partial charge in [0, 0.05) is 62.1 Å². The molecule has 0 radical (unpaired) electrons. The Hall–Kier alpha value is -5.78. The Morgan fingerprint density at radius 1 is 1.02 bits per heavy atom. The van der Waals surface area contributed by atoms with Crippen molar-refractivity contribution in [2.24, 2.45) is 11.8 Å². The number of methoxy groups -OCH3 is 1. The van der Waals surface area contributed by atoms with Crippen LogP contribution in [-0.4, -0.2) is 74.9 Å². The number of carbonyl (C=O) groups is 3. The van der Waals surface area contributed by atoms with E-state index in [2.05, 4.69) is 45.6 Å². The lowest BCUT2D eigenvalue weighted by Crippen LogP contribution is -2.41. The first-order valence-electron chi connectivity index (χ1n) is 16.8. The number of para-hydroxylation sites is 1. The largest absolute Gasteiger partial charge is 0.494 e. The van der Waals surface area contributed by atoms with Crippen molar-refractivity contribution in [1.29, 1.82) is 0 Å². The van der Waals surface area contributed by atoms with Gasteiger partial charge in [0.25, 0.3) is 11.8 Å². The molecule has 1 aliphatic carbocycles. The quantitative estimate of drug-likeness (QED) is 0.185. The second-order valence-electron chi connectivity index (χ2n) is 13.5. The van der Waals surface area contributed by atoms with Crippen molar-refractivity contribution in [2.75, 3.05) is 38.4 Å². The molecule has 1 atom stereocenters. The molecule has 12 heteroatoms. The lowest BCUT2D eigenvalue weighted by molar-refractivity contribution is -0.117. The molecule has 50 heavy (non-hydrogen) atoms. The Morgan fingerprint density at radius 3 is 2.56 bits per heavy atom. The van der Waals surface area contributed by atoms with Gasteiger partial charge in [0.05, 0.1) is 30.7 Å². The number of carbonyl (C=O) groups excluding carboxylic acids is 3. The average Bonchev–Trinajstić information content (AvgIpc) is 3.86. The number of ether oxygens (including phenoxy) is 1. The van der Waals surface area contributed by atoms with Crippen LogP contribution in [0, 0.1) is 11.8 Å². The summed E-state index contributed by atoms with van der Waals surface area (Å²) in [5.74, 6) is 1.16. The van der Waals surface area contributed by atoms with E-state index < -0.39 is 0 Å². The number of aromatic nitrogens is 4. The molecule has 0 saturated heterocycles. The third-order valence-electron chi connectivity index (χ3n) is 9.33. The van der Waals surface area contributed by atoms with Crippen LogP contribution in [0.2, 0.25) is 0 Å². The summed E-state index contributed by atoms with van der Waals surface area (Å²) in [6.07, 6.45) is 5.19. The summed E-state index contributed by atoms with van der Waals surface area (Å²) in [7, 11) is 5.02. The summed E-state index contributed by atoms with van der Waals surface area (Å²) in [6, 6.07) is 19.0. The number of anilines is 3.